The van der Waals surface area contributed by atoms with Gasteiger partial charge in [0.1, 0.15) is 12.1 Å². The van der Waals surface area contributed by atoms with Gasteiger partial charge in [0.15, 0.2) is 0 Å². The molecule has 0 saturated heterocycles. The van der Waals surface area contributed by atoms with E-state index in [0.717, 1.165) is 0 Å². The molecule has 0 unspecified atom stereocenters. The van der Waals surface area contributed by atoms with E-state index >= 15 is 0 Å². The molecule has 0 heterocycles. The molecule has 40 heavy (non-hydrogen) atoms. The van der Waals surface area contributed by atoms with Crippen molar-refractivity contribution in [2.75, 3.05) is 44.8 Å². The van der Waals surface area contributed by atoms with Crippen LogP contribution in [-0.4, -0.2) is 80.5 Å². The number of anilines is 1. The molecule has 1 aromatic carbocycles. The highest BCUT2D eigenvalue weighted by Gasteiger charge is 2.28. The van der Waals surface area contributed by atoms with Crippen molar-refractivity contribution in [1.29, 1.82) is 0 Å². The van der Waals surface area contributed by atoms with Crippen molar-refractivity contribution in [2.24, 2.45) is 16.8 Å². The molecule has 0 aliphatic rings. The van der Waals surface area contributed by atoms with Gasteiger partial charge in [-0.25, -0.2) is 4.79 Å². The molecule has 0 aliphatic carbocycles. The Morgan fingerprint density at radius 2 is 1.70 bits per heavy atom. The van der Waals surface area contributed by atoms with Gasteiger partial charge in [0.05, 0.1) is 33.0 Å². The zero-order valence-electron chi connectivity index (χ0n) is 22.9. The third-order valence-electron chi connectivity index (χ3n) is 5.52. The van der Waals surface area contributed by atoms with E-state index < -0.39 is 35.8 Å². The first-order valence-electron chi connectivity index (χ1n) is 13.0. The molecule has 5 amide bonds. The van der Waals surface area contributed by atoms with Crippen LogP contribution in [0.15, 0.2) is 29.4 Å². The lowest BCUT2D eigenvalue weighted by molar-refractivity contribution is -0.132. The van der Waals surface area contributed by atoms with Gasteiger partial charge in [-0.1, -0.05) is 31.1 Å². The molecule has 0 bridgehead atoms. The fourth-order valence-electron chi connectivity index (χ4n) is 3.39. The number of primary amides is 1. The van der Waals surface area contributed by atoms with E-state index in [2.05, 4.69) is 31.3 Å². The Labute approximate surface area is 233 Å². The van der Waals surface area contributed by atoms with Crippen LogP contribution in [-0.2, 0) is 30.5 Å². The average Bonchev–Trinajstić information content (AvgIpc) is 2.92. The van der Waals surface area contributed by atoms with Gasteiger partial charge in [0.2, 0.25) is 17.7 Å². The summed E-state index contributed by atoms with van der Waals surface area (Å²) in [4.78, 5) is 52.2. The molecule has 2 atom stereocenters. The number of aliphatic hydroxyl groups is 1. The molecule has 0 spiro atoms. The molecule has 7 N–H and O–H groups in total. The van der Waals surface area contributed by atoms with Crippen LogP contribution in [0.3, 0.4) is 0 Å². The Hall–Kier alpha value is -3.91. The lowest BCUT2D eigenvalue weighted by Gasteiger charge is -2.25. The highest BCUT2D eigenvalue weighted by Crippen LogP contribution is 2.12. The van der Waals surface area contributed by atoms with E-state index in [-0.39, 0.29) is 64.9 Å². The number of amides is 5. The normalized spacial score (nSPS) is 12.1. The summed E-state index contributed by atoms with van der Waals surface area (Å²) < 4.78 is 10.6. The van der Waals surface area contributed by atoms with E-state index in [1.165, 1.54) is 0 Å². The lowest BCUT2D eigenvalue weighted by atomic mass is 10.0. The summed E-state index contributed by atoms with van der Waals surface area (Å²) >= 11 is 0. The first-order chi connectivity index (χ1) is 19.2. The zero-order valence-corrected chi connectivity index (χ0v) is 22.9. The standard InChI is InChI=1S/C25H40N8O7/c1-17(2)22(32-21(35)9-12-39-14-15-40-13-11-29-33-27)24(37)31-20(4-3-10-28-25(26)38)23(36)30-19-7-5-18(16-34)6-8-19/h5-8,17,20,22,34H,3-4,9-16H2,1-2H3,(H,30,36)(H,31,37)(H,32,35)(H3,26,28,38)/t20-,22-/m0/s1. The van der Waals surface area contributed by atoms with E-state index in [4.69, 9.17) is 20.7 Å². The molecule has 0 saturated carbocycles. The summed E-state index contributed by atoms with van der Waals surface area (Å²) in [5.41, 5.74) is 14.4. The van der Waals surface area contributed by atoms with Crippen LogP contribution in [0.5, 0.6) is 0 Å². The van der Waals surface area contributed by atoms with Crippen LogP contribution in [0.1, 0.15) is 38.7 Å². The van der Waals surface area contributed by atoms with Crippen molar-refractivity contribution in [1.82, 2.24) is 16.0 Å². The minimum atomic E-state index is -0.958. The summed E-state index contributed by atoms with van der Waals surface area (Å²) in [5, 5.41) is 23.1. The number of carbonyl (C=O) groups is 4. The SMILES string of the molecule is CC(C)[C@H](NC(=O)CCOCCOCCN=[N+]=[N-])C(=O)N[C@@H](CCCNC(N)=O)C(=O)Nc1ccc(CO)cc1. The third kappa shape index (κ3) is 14.9. The van der Waals surface area contributed by atoms with Crippen LogP contribution >= 0.6 is 0 Å². The number of nitrogens with two attached hydrogens (primary N) is 1. The van der Waals surface area contributed by atoms with Gasteiger partial charge in [-0.15, -0.1) is 0 Å². The molecule has 1 aromatic rings. The Balaban J connectivity index is 2.68. The monoisotopic (exact) mass is 564 g/mol. The summed E-state index contributed by atoms with van der Waals surface area (Å²) in [6, 6.07) is 4.02. The van der Waals surface area contributed by atoms with Crippen molar-refractivity contribution >= 4 is 29.4 Å². The summed E-state index contributed by atoms with van der Waals surface area (Å²) in [6.07, 6.45) is 0.571. The number of nitrogens with zero attached hydrogens (tertiary/aromatic N) is 3. The first kappa shape index (κ1) is 34.1. The molecule has 15 nitrogen and oxygen atoms in total. The number of carbonyl (C=O) groups excluding carboxylic acids is 4. The Morgan fingerprint density at radius 3 is 2.30 bits per heavy atom. The quantitative estimate of drug-likeness (QED) is 0.0580. The number of azide groups is 1. The number of hydrogen-bond donors (Lipinski definition) is 6. The van der Waals surface area contributed by atoms with Gasteiger partial charge < -0.3 is 41.6 Å². The number of rotatable bonds is 20. The lowest BCUT2D eigenvalue weighted by Crippen LogP contribution is -2.54. The molecular formula is C25H40N8O7. The van der Waals surface area contributed by atoms with Crippen molar-refractivity contribution in [3.8, 4) is 0 Å². The summed E-state index contributed by atoms with van der Waals surface area (Å²) in [5.74, 6) is -1.68. The maximum absolute atomic E-state index is 13.1. The smallest absolute Gasteiger partial charge is 0.312 e. The van der Waals surface area contributed by atoms with Crippen LogP contribution in [0.4, 0.5) is 10.5 Å². The fourth-order valence-corrected chi connectivity index (χ4v) is 3.39. The Morgan fingerprint density at radius 1 is 1.02 bits per heavy atom. The fraction of sp³-hybridized carbons (Fsp3) is 0.600. The largest absolute Gasteiger partial charge is 0.392 e. The Bertz CT molecular complexity index is 984. The second-order valence-corrected chi connectivity index (χ2v) is 9.06. The Kier molecular flexibility index (Phi) is 17.1. The van der Waals surface area contributed by atoms with Crippen LogP contribution in [0.25, 0.3) is 10.4 Å². The molecule has 15 heteroatoms. The van der Waals surface area contributed by atoms with Gasteiger partial charge in [0, 0.05) is 30.1 Å². The summed E-state index contributed by atoms with van der Waals surface area (Å²) in [7, 11) is 0. The second-order valence-electron chi connectivity index (χ2n) is 9.06. The second kappa shape index (κ2) is 20.1. The predicted octanol–water partition coefficient (Wildman–Crippen LogP) is 0.925. The minimum Gasteiger partial charge on any atom is -0.392 e. The summed E-state index contributed by atoms with van der Waals surface area (Å²) in [6.45, 7) is 4.76. The molecule has 0 aliphatic heterocycles. The number of nitrogens with one attached hydrogen (secondary N) is 4. The number of hydrogen-bond acceptors (Lipinski definition) is 8. The van der Waals surface area contributed by atoms with E-state index in [1.54, 1.807) is 38.1 Å². The van der Waals surface area contributed by atoms with Crippen LogP contribution in [0.2, 0.25) is 0 Å². The van der Waals surface area contributed by atoms with Crippen molar-refractivity contribution in [3.63, 3.8) is 0 Å². The van der Waals surface area contributed by atoms with Gasteiger partial charge in [-0.05, 0) is 42.0 Å². The molecule has 1 rings (SSSR count). The van der Waals surface area contributed by atoms with Crippen molar-refractivity contribution in [2.45, 2.75) is 51.8 Å². The van der Waals surface area contributed by atoms with Crippen molar-refractivity contribution < 1.29 is 33.8 Å². The molecular weight excluding hydrogens is 524 g/mol. The molecule has 0 radical (unpaired) electrons. The molecule has 222 valence electrons. The van der Waals surface area contributed by atoms with Crippen molar-refractivity contribution in [3.05, 3.63) is 40.3 Å². The number of urea groups is 1. The maximum atomic E-state index is 13.1. The first-order valence-corrected chi connectivity index (χ1v) is 13.0. The van der Waals surface area contributed by atoms with Gasteiger partial charge >= 0.3 is 6.03 Å². The van der Waals surface area contributed by atoms with Crippen LogP contribution < -0.4 is 27.0 Å². The average molecular weight is 565 g/mol. The van der Waals surface area contributed by atoms with E-state index in [0.29, 0.717) is 17.7 Å². The number of ether oxygens (including phenoxy) is 2. The number of aliphatic hydroxyl groups excluding tert-OH is 1. The maximum Gasteiger partial charge on any atom is 0.312 e. The van der Waals surface area contributed by atoms with E-state index in [9.17, 15) is 24.3 Å². The van der Waals surface area contributed by atoms with Crippen LogP contribution in [0, 0.1) is 5.92 Å². The van der Waals surface area contributed by atoms with E-state index in [1.807, 2.05) is 0 Å². The molecule has 0 fully saturated rings. The third-order valence-corrected chi connectivity index (χ3v) is 5.52. The van der Waals surface area contributed by atoms with Gasteiger partial charge in [-0.2, -0.15) is 0 Å². The zero-order chi connectivity index (χ0) is 29.8. The highest BCUT2D eigenvalue weighted by atomic mass is 16.5. The number of benzene rings is 1. The predicted molar refractivity (Wildman–Crippen MR) is 147 cm³/mol. The topological polar surface area (TPSA) is 230 Å². The van der Waals surface area contributed by atoms with Gasteiger partial charge in [-0.3, -0.25) is 14.4 Å². The molecule has 0 aromatic heterocycles. The van der Waals surface area contributed by atoms with Gasteiger partial charge in [0.25, 0.3) is 0 Å². The minimum absolute atomic E-state index is 0.0156. The highest BCUT2D eigenvalue weighted by molar-refractivity contribution is 5.98.